The first-order valence-corrected chi connectivity index (χ1v) is 6.06. The zero-order valence-corrected chi connectivity index (χ0v) is 11.0. The first kappa shape index (κ1) is 14.4. The van der Waals surface area contributed by atoms with Crippen molar-refractivity contribution in [3.05, 3.63) is 10.6 Å². The van der Waals surface area contributed by atoms with Gasteiger partial charge in [0, 0.05) is 18.5 Å². The van der Waals surface area contributed by atoms with Gasteiger partial charge in [-0.1, -0.05) is 0 Å². The molecule has 0 radical (unpaired) electrons. The fraction of sp³-hybridized carbons (Fsp3) is 0.500. The van der Waals surface area contributed by atoms with Crippen LogP contribution in [0.5, 0.6) is 0 Å². The van der Waals surface area contributed by atoms with Crippen LogP contribution in [0.1, 0.15) is 15.4 Å². The van der Waals surface area contributed by atoms with E-state index in [2.05, 4.69) is 15.6 Å². The third kappa shape index (κ3) is 4.30. The monoisotopic (exact) mass is 273 g/mol. The first-order valence-electron chi connectivity index (χ1n) is 5.24. The Bertz CT molecular complexity index is 433. The Morgan fingerprint density at radius 2 is 2.22 bits per heavy atom. The Labute approximate surface area is 108 Å². The lowest BCUT2D eigenvalue weighted by molar-refractivity contribution is -0.119. The molecule has 1 heterocycles. The summed E-state index contributed by atoms with van der Waals surface area (Å²) in [7, 11) is 1.55. The number of nitrogens with zero attached hydrogens (tertiary/aromatic N) is 1. The van der Waals surface area contributed by atoms with E-state index in [-0.39, 0.29) is 18.1 Å². The lowest BCUT2D eigenvalue weighted by Crippen LogP contribution is -2.32. The minimum atomic E-state index is -1.07. The summed E-state index contributed by atoms with van der Waals surface area (Å²) in [5, 5.41) is 14.7. The average molecular weight is 273 g/mol. The molecule has 1 amide bonds. The smallest absolute Gasteiger partial charge is 0.355 e. The Kier molecular flexibility index (Phi) is 5.53. The highest BCUT2D eigenvalue weighted by Gasteiger charge is 2.14. The molecule has 7 nitrogen and oxygen atoms in total. The standard InChI is InChI=1S/C10H15N3O4S/c1-6-8(9(15)16)13-10(18-6)12-5-7(14)11-3-4-17-2/h3-5H2,1-2H3,(H,11,14)(H,12,13)(H,15,16). The summed E-state index contributed by atoms with van der Waals surface area (Å²) < 4.78 is 4.79. The van der Waals surface area contributed by atoms with Gasteiger partial charge in [-0.25, -0.2) is 9.78 Å². The van der Waals surface area contributed by atoms with Crippen LogP contribution in [-0.2, 0) is 9.53 Å². The number of carbonyl (C=O) groups is 2. The number of ether oxygens (including phenoxy) is 1. The quantitative estimate of drug-likeness (QED) is 0.619. The highest BCUT2D eigenvalue weighted by Crippen LogP contribution is 2.21. The number of amides is 1. The van der Waals surface area contributed by atoms with Crippen molar-refractivity contribution in [3.8, 4) is 0 Å². The molecular weight excluding hydrogens is 258 g/mol. The molecule has 1 aromatic heterocycles. The zero-order valence-electron chi connectivity index (χ0n) is 10.1. The number of hydrogen-bond donors (Lipinski definition) is 3. The number of rotatable bonds is 7. The summed E-state index contributed by atoms with van der Waals surface area (Å²) in [5.41, 5.74) is 0.0160. The predicted octanol–water partition coefficient (Wildman–Crippen LogP) is 0.324. The van der Waals surface area contributed by atoms with Crippen molar-refractivity contribution in [2.75, 3.05) is 32.1 Å². The molecule has 0 bridgehead atoms. The summed E-state index contributed by atoms with van der Waals surface area (Å²) in [6.07, 6.45) is 0. The van der Waals surface area contributed by atoms with Gasteiger partial charge in [0.25, 0.3) is 0 Å². The molecule has 0 fully saturated rings. The minimum Gasteiger partial charge on any atom is -0.476 e. The molecule has 8 heteroatoms. The van der Waals surface area contributed by atoms with E-state index in [0.29, 0.717) is 23.2 Å². The fourth-order valence-corrected chi connectivity index (χ4v) is 1.98. The van der Waals surface area contributed by atoms with Crippen molar-refractivity contribution < 1.29 is 19.4 Å². The van der Waals surface area contributed by atoms with E-state index in [9.17, 15) is 9.59 Å². The first-order chi connectivity index (χ1) is 8.54. The number of aromatic carboxylic acids is 1. The molecule has 100 valence electrons. The van der Waals surface area contributed by atoms with E-state index in [1.807, 2.05) is 0 Å². The summed E-state index contributed by atoms with van der Waals surface area (Å²) in [6.45, 7) is 2.61. The van der Waals surface area contributed by atoms with Gasteiger partial charge in [-0.05, 0) is 6.92 Å². The molecule has 0 atom stereocenters. The number of nitrogens with one attached hydrogen (secondary N) is 2. The van der Waals surface area contributed by atoms with Crippen molar-refractivity contribution in [2.24, 2.45) is 0 Å². The number of thiazole rings is 1. The topological polar surface area (TPSA) is 101 Å². The summed E-state index contributed by atoms with van der Waals surface area (Å²) in [6, 6.07) is 0. The molecule has 1 rings (SSSR count). The van der Waals surface area contributed by atoms with Gasteiger partial charge in [0.05, 0.1) is 13.2 Å². The van der Waals surface area contributed by atoms with Gasteiger partial charge in [-0.15, -0.1) is 11.3 Å². The molecule has 1 aromatic rings. The van der Waals surface area contributed by atoms with E-state index in [4.69, 9.17) is 9.84 Å². The largest absolute Gasteiger partial charge is 0.476 e. The van der Waals surface area contributed by atoms with Crippen LogP contribution in [0, 0.1) is 6.92 Å². The van der Waals surface area contributed by atoms with Gasteiger partial charge < -0.3 is 20.5 Å². The maximum absolute atomic E-state index is 11.3. The minimum absolute atomic E-state index is 0.0160. The number of methoxy groups -OCH3 is 1. The number of carboxylic acid groups (broad SMARTS) is 1. The second kappa shape index (κ2) is 6.92. The predicted molar refractivity (Wildman–Crippen MR) is 67.2 cm³/mol. The SMILES string of the molecule is COCCNC(=O)CNc1nc(C(=O)O)c(C)s1. The Morgan fingerprint density at radius 3 is 2.78 bits per heavy atom. The molecule has 0 saturated carbocycles. The second-order valence-electron chi connectivity index (χ2n) is 3.43. The number of aryl methyl sites for hydroxylation is 1. The Hall–Kier alpha value is -1.67. The van der Waals surface area contributed by atoms with Crippen molar-refractivity contribution in [1.29, 1.82) is 0 Å². The lowest BCUT2D eigenvalue weighted by atomic mass is 10.4. The van der Waals surface area contributed by atoms with E-state index < -0.39 is 5.97 Å². The zero-order chi connectivity index (χ0) is 13.5. The molecule has 18 heavy (non-hydrogen) atoms. The lowest BCUT2D eigenvalue weighted by Gasteiger charge is -2.04. The molecule has 0 aliphatic carbocycles. The molecule has 0 aromatic carbocycles. The average Bonchev–Trinajstić information content (AvgIpc) is 2.68. The molecular formula is C10H15N3O4S. The van der Waals surface area contributed by atoms with Crippen molar-refractivity contribution >= 4 is 28.3 Å². The van der Waals surface area contributed by atoms with Gasteiger partial charge in [0.1, 0.15) is 0 Å². The van der Waals surface area contributed by atoms with Gasteiger partial charge >= 0.3 is 5.97 Å². The maximum atomic E-state index is 11.3. The molecule has 3 N–H and O–H groups in total. The maximum Gasteiger partial charge on any atom is 0.355 e. The molecule has 0 saturated heterocycles. The van der Waals surface area contributed by atoms with Crippen LogP contribution in [0.15, 0.2) is 0 Å². The summed E-state index contributed by atoms with van der Waals surface area (Å²) >= 11 is 1.21. The highest BCUT2D eigenvalue weighted by molar-refractivity contribution is 7.15. The van der Waals surface area contributed by atoms with Gasteiger partial charge in [-0.3, -0.25) is 4.79 Å². The van der Waals surface area contributed by atoms with Crippen molar-refractivity contribution in [2.45, 2.75) is 6.92 Å². The van der Waals surface area contributed by atoms with E-state index in [1.54, 1.807) is 14.0 Å². The molecule has 0 aliphatic heterocycles. The number of hydrogen-bond acceptors (Lipinski definition) is 6. The van der Waals surface area contributed by atoms with Crippen LogP contribution in [0.4, 0.5) is 5.13 Å². The van der Waals surface area contributed by atoms with Crippen LogP contribution in [0.2, 0.25) is 0 Å². The summed E-state index contributed by atoms with van der Waals surface area (Å²) in [4.78, 5) is 26.6. The van der Waals surface area contributed by atoms with E-state index in [1.165, 1.54) is 11.3 Å². The van der Waals surface area contributed by atoms with Crippen LogP contribution in [0.25, 0.3) is 0 Å². The Balaban J connectivity index is 2.41. The summed E-state index contributed by atoms with van der Waals surface area (Å²) in [5.74, 6) is -1.27. The van der Waals surface area contributed by atoms with Crippen LogP contribution in [-0.4, -0.2) is 48.8 Å². The fourth-order valence-electron chi connectivity index (χ4n) is 1.18. The third-order valence-electron chi connectivity index (χ3n) is 2.03. The third-order valence-corrected chi connectivity index (χ3v) is 2.96. The van der Waals surface area contributed by atoms with Crippen LogP contribution >= 0.6 is 11.3 Å². The van der Waals surface area contributed by atoms with E-state index in [0.717, 1.165) is 0 Å². The Morgan fingerprint density at radius 1 is 1.50 bits per heavy atom. The highest BCUT2D eigenvalue weighted by atomic mass is 32.1. The second-order valence-corrected chi connectivity index (χ2v) is 4.63. The number of carboxylic acids is 1. The van der Waals surface area contributed by atoms with Gasteiger partial charge in [0.15, 0.2) is 10.8 Å². The normalized spacial score (nSPS) is 10.1. The molecule has 0 spiro atoms. The van der Waals surface area contributed by atoms with Crippen molar-refractivity contribution in [1.82, 2.24) is 10.3 Å². The number of aromatic nitrogens is 1. The molecule has 0 aliphatic rings. The van der Waals surface area contributed by atoms with Gasteiger partial charge in [0.2, 0.25) is 5.91 Å². The van der Waals surface area contributed by atoms with Crippen LogP contribution in [0.3, 0.4) is 0 Å². The van der Waals surface area contributed by atoms with E-state index >= 15 is 0 Å². The van der Waals surface area contributed by atoms with Crippen molar-refractivity contribution in [3.63, 3.8) is 0 Å². The molecule has 0 unspecified atom stereocenters. The van der Waals surface area contributed by atoms with Gasteiger partial charge in [-0.2, -0.15) is 0 Å². The van der Waals surface area contributed by atoms with Crippen LogP contribution < -0.4 is 10.6 Å². The number of anilines is 1. The number of carbonyl (C=O) groups excluding carboxylic acids is 1.